The van der Waals surface area contributed by atoms with Crippen molar-refractivity contribution >= 4 is 46.4 Å². The smallest absolute Gasteiger partial charge is 0.270 e. The van der Waals surface area contributed by atoms with Crippen molar-refractivity contribution in [3.63, 3.8) is 0 Å². The van der Waals surface area contributed by atoms with Crippen LogP contribution in [0.2, 0.25) is 5.02 Å². The number of allylic oxidation sites excluding steroid dienone is 2. The average Bonchev–Trinajstić information content (AvgIpc) is 2.44. The van der Waals surface area contributed by atoms with E-state index in [1.807, 2.05) is 32.1 Å². The Kier molecular flexibility index (Phi) is 5.18. The SMILES string of the molecule is CC(/C=C1/C(=O)NC(=S)N(c2ccc(Cl)cc2)C1=O)=C\N(C)C. The molecule has 0 aromatic heterocycles. The highest BCUT2D eigenvalue weighted by atomic mass is 35.5. The number of nitrogens with zero attached hydrogens (tertiary/aromatic N) is 2. The van der Waals surface area contributed by atoms with Gasteiger partial charge in [0.25, 0.3) is 11.8 Å². The summed E-state index contributed by atoms with van der Waals surface area (Å²) in [4.78, 5) is 27.9. The largest absolute Gasteiger partial charge is 0.383 e. The summed E-state index contributed by atoms with van der Waals surface area (Å²) in [5.41, 5.74) is 1.35. The average molecular weight is 350 g/mol. The monoisotopic (exact) mass is 349 g/mol. The Bertz CT molecular complexity index is 723. The number of carbonyl (C=O) groups is 2. The maximum absolute atomic E-state index is 12.7. The van der Waals surface area contributed by atoms with E-state index in [0.29, 0.717) is 10.7 Å². The molecule has 1 fully saturated rings. The summed E-state index contributed by atoms with van der Waals surface area (Å²) in [7, 11) is 3.72. The molecule has 23 heavy (non-hydrogen) atoms. The predicted octanol–water partition coefficient (Wildman–Crippen LogP) is 2.48. The number of amides is 2. The van der Waals surface area contributed by atoms with E-state index in [9.17, 15) is 9.59 Å². The first-order valence-electron chi connectivity index (χ1n) is 6.81. The quantitative estimate of drug-likeness (QED) is 0.517. The van der Waals surface area contributed by atoms with E-state index in [1.165, 1.54) is 4.90 Å². The fourth-order valence-electron chi connectivity index (χ4n) is 2.15. The molecule has 1 aromatic rings. The second-order valence-corrected chi connectivity index (χ2v) is 6.09. The zero-order chi connectivity index (χ0) is 17.1. The Labute approximate surface area is 145 Å². The molecule has 0 spiro atoms. The van der Waals surface area contributed by atoms with Gasteiger partial charge in [0.1, 0.15) is 5.57 Å². The molecule has 0 atom stereocenters. The van der Waals surface area contributed by atoms with Crippen LogP contribution >= 0.6 is 23.8 Å². The van der Waals surface area contributed by atoms with Crippen molar-refractivity contribution in [2.24, 2.45) is 0 Å². The van der Waals surface area contributed by atoms with Crippen LogP contribution in [0.25, 0.3) is 0 Å². The maximum Gasteiger partial charge on any atom is 0.270 e. The third kappa shape index (κ3) is 3.97. The molecule has 1 saturated heterocycles. The molecule has 5 nitrogen and oxygen atoms in total. The number of hydrogen-bond acceptors (Lipinski definition) is 4. The van der Waals surface area contributed by atoms with Gasteiger partial charge < -0.3 is 4.90 Å². The Morgan fingerprint density at radius 3 is 2.43 bits per heavy atom. The predicted molar refractivity (Wildman–Crippen MR) is 95.2 cm³/mol. The van der Waals surface area contributed by atoms with Crippen molar-refractivity contribution in [2.75, 3.05) is 19.0 Å². The molecule has 1 aliphatic heterocycles. The molecule has 0 bridgehead atoms. The maximum atomic E-state index is 12.7. The van der Waals surface area contributed by atoms with Crippen LogP contribution in [0.15, 0.2) is 47.7 Å². The molecule has 1 N–H and O–H groups in total. The third-order valence-corrected chi connectivity index (χ3v) is 3.56. The van der Waals surface area contributed by atoms with Crippen molar-refractivity contribution in [1.82, 2.24) is 10.2 Å². The summed E-state index contributed by atoms with van der Waals surface area (Å²) in [6.45, 7) is 1.81. The van der Waals surface area contributed by atoms with Gasteiger partial charge in [-0.3, -0.25) is 19.8 Å². The highest BCUT2D eigenvalue weighted by Crippen LogP contribution is 2.23. The van der Waals surface area contributed by atoms with E-state index in [-0.39, 0.29) is 10.7 Å². The molecule has 0 aliphatic carbocycles. The number of benzene rings is 1. The van der Waals surface area contributed by atoms with Gasteiger partial charge in [-0.05, 0) is 55.1 Å². The van der Waals surface area contributed by atoms with Crippen LogP contribution in [-0.2, 0) is 9.59 Å². The molecule has 0 unspecified atom stereocenters. The number of nitrogens with one attached hydrogen (secondary N) is 1. The first kappa shape index (κ1) is 17.2. The van der Waals surface area contributed by atoms with Crippen LogP contribution in [-0.4, -0.2) is 35.9 Å². The zero-order valence-electron chi connectivity index (χ0n) is 13.0. The Morgan fingerprint density at radius 2 is 1.87 bits per heavy atom. The molecule has 1 aliphatic rings. The summed E-state index contributed by atoms with van der Waals surface area (Å²) in [6.07, 6.45) is 3.36. The van der Waals surface area contributed by atoms with Crippen molar-refractivity contribution in [3.05, 3.63) is 52.7 Å². The van der Waals surface area contributed by atoms with Crippen LogP contribution in [0.5, 0.6) is 0 Å². The van der Waals surface area contributed by atoms with Crippen LogP contribution < -0.4 is 10.2 Å². The first-order valence-corrected chi connectivity index (χ1v) is 7.60. The van der Waals surface area contributed by atoms with Gasteiger partial charge in [0.05, 0.1) is 5.69 Å². The van der Waals surface area contributed by atoms with E-state index >= 15 is 0 Å². The highest BCUT2D eigenvalue weighted by molar-refractivity contribution is 7.80. The minimum atomic E-state index is -0.503. The highest BCUT2D eigenvalue weighted by Gasteiger charge is 2.34. The Balaban J connectivity index is 2.41. The molecule has 2 rings (SSSR count). The fraction of sp³-hybridized carbons (Fsp3) is 0.188. The lowest BCUT2D eigenvalue weighted by molar-refractivity contribution is -0.122. The summed E-state index contributed by atoms with van der Waals surface area (Å²) in [6, 6.07) is 6.65. The molecule has 120 valence electrons. The van der Waals surface area contributed by atoms with Gasteiger partial charge in [0.2, 0.25) is 0 Å². The number of thiocarbonyl (C=S) groups is 1. The number of carbonyl (C=O) groups excluding carboxylic acids is 2. The van der Waals surface area contributed by atoms with Gasteiger partial charge in [-0.15, -0.1) is 0 Å². The minimum absolute atomic E-state index is 0.0316. The van der Waals surface area contributed by atoms with Gasteiger partial charge in [0.15, 0.2) is 5.11 Å². The van der Waals surface area contributed by atoms with Crippen molar-refractivity contribution < 1.29 is 9.59 Å². The lowest BCUT2D eigenvalue weighted by Crippen LogP contribution is -2.54. The topological polar surface area (TPSA) is 52.7 Å². The number of hydrogen-bond donors (Lipinski definition) is 1. The Morgan fingerprint density at radius 1 is 1.26 bits per heavy atom. The van der Waals surface area contributed by atoms with Crippen molar-refractivity contribution in [2.45, 2.75) is 6.92 Å². The number of rotatable bonds is 3. The molecule has 0 radical (unpaired) electrons. The lowest BCUT2D eigenvalue weighted by Gasteiger charge is -2.29. The standard InChI is InChI=1S/C16H16ClN3O2S/c1-10(9-19(2)3)8-13-14(21)18-16(23)20(15(13)22)12-6-4-11(17)5-7-12/h4-9H,1-3H3,(H,18,21,23)/b10-9+,13-8-. The second kappa shape index (κ2) is 6.93. The summed E-state index contributed by atoms with van der Waals surface area (Å²) < 4.78 is 0. The van der Waals surface area contributed by atoms with E-state index in [1.54, 1.807) is 30.3 Å². The van der Waals surface area contributed by atoms with E-state index in [2.05, 4.69) is 5.32 Å². The van der Waals surface area contributed by atoms with Crippen molar-refractivity contribution in [3.8, 4) is 0 Å². The van der Waals surface area contributed by atoms with Crippen LogP contribution in [0.3, 0.4) is 0 Å². The molecule has 0 saturated carbocycles. The fourth-order valence-corrected chi connectivity index (χ4v) is 2.56. The summed E-state index contributed by atoms with van der Waals surface area (Å²) in [5, 5.41) is 3.14. The van der Waals surface area contributed by atoms with Crippen LogP contribution in [0, 0.1) is 0 Å². The van der Waals surface area contributed by atoms with Gasteiger partial charge in [-0.25, -0.2) is 0 Å². The lowest BCUT2D eigenvalue weighted by atomic mass is 10.1. The van der Waals surface area contributed by atoms with Crippen molar-refractivity contribution in [1.29, 1.82) is 0 Å². The summed E-state index contributed by atoms with van der Waals surface area (Å²) in [5.74, 6) is -0.968. The van der Waals surface area contributed by atoms with Crippen LogP contribution in [0.4, 0.5) is 5.69 Å². The molecule has 7 heteroatoms. The minimum Gasteiger partial charge on any atom is -0.383 e. The van der Waals surface area contributed by atoms with Crippen LogP contribution in [0.1, 0.15) is 6.92 Å². The molecule has 1 heterocycles. The summed E-state index contributed by atoms with van der Waals surface area (Å²) >= 11 is 11.0. The Hall–Kier alpha value is -2.18. The number of anilines is 1. The molecule has 1 aromatic carbocycles. The van der Waals surface area contributed by atoms with Gasteiger partial charge >= 0.3 is 0 Å². The third-order valence-electron chi connectivity index (χ3n) is 3.02. The normalized spacial score (nSPS) is 17.6. The van der Waals surface area contributed by atoms with Gasteiger partial charge in [-0.2, -0.15) is 0 Å². The van der Waals surface area contributed by atoms with E-state index in [0.717, 1.165) is 5.57 Å². The molecular formula is C16H16ClN3O2S. The second-order valence-electron chi connectivity index (χ2n) is 5.27. The van der Waals surface area contributed by atoms with E-state index < -0.39 is 11.8 Å². The molecular weight excluding hydrogens is 334 g/mol. The first-order chi connectivity index (χ1) is 10.8. The molecule has 2 amide bonds. The van der Waals surface area contributed by atoms with E-state index in [4.69, 9.17) is 23.8 Å². The zero-order valence-corrected chi connectivity index (χ0v) is 14.5. The number of halogens is 1. The van der Waals surface area contributed by atoms with Gasteiger partial charge in [0, 0.05) is 25.3 Å². The van der Waals surface area contributed by atoms with Gasteiger partial charge in [-0.1, -0.05) is 11.6 Å².